The first-order chi connectivity index (χ1) is 8.79. The van der Waals surface area contributed by atoms with E-state index >= 15 is 0 Å². The molecule has 100 valence electrons. The largest absolute Gasteiger partial charge is 0.395 e. The van der Waals surface area contributed by atoms with Crippen molar-refractivity contribution in [3.8, 4) is 0 Å². The van der Waals surface area contributed by atoms with Gasteiger partial charge in [0, 0.05) is 38.1 Å². The van der Waals surface area contributed by atoms with Crippen molar-refractivity contribution in [2.45, 2.75) is 25.4 Å². The molecule has 1 N–H and O–H groups in total. The van der Waals surface area contributed by atoms with Gasteiger partial charge in [0.25, 0.3) is 0 Å². The molecule has 1 aliphatic heterocycles. The van der Waals surface area contributed by atoms with E-state index < -0.39 is 0 Å². The molecular weight excluding hydrogens is 226 g/mol. The number of aliphatic hydroxyl groups is 1. The van der Waals surface area contributed by atoms with Crippen LogP contribution in [0.1, 0.15) is 18.4 Å². The molecule has 0 saturated carbocycles. The minimum Gasteiger partial charge on any atom is -0.395 e. The SMILES string of the molecule is CN(CCO)C1CCCN(Cc2cccnc2)C1. The lowest BCUT2D eigenvalue weighted by molar-refractivity contribution is 0.0970. The Hall–Kier alpha value is -0.970. The van der Waals surface area contributed by atoms with Crippen LogP contribution in [0.5, 0.6) is 0 Å². The summed E-state index contributed by atoms with van der Waals surface area (Å²) in [6.07, 6.45) is 6.24. The molecule has 0 aromatic carbocycles. The Morgan fingerprint density at radius 1 is 1.56 bits per heavy atom. The third-order valence-electron chi connectivity index (χ3n) is 3.69. The fraction of sp³-hybridized carbons (Fsp3) is 0.643. The second-order valence-electron chi connectivity index (χ2n) is 5.10. The van der Waals surface area contributed by atoms with Gasteiger partial charge in [0.05, 0.1) is 6.61 Å². The van der Waals surface area contributed by atoms with Crippen LogP contribution in [0.2, 0.25) is 0 Å². The van der Waals surface area contributed by atoms with Crippen LogP contribution in [0.25, 0.3) is 0 Å². The normalized spacial score (nSPS) is 21.4. The lowest BCUT2D eigenvalue weighted by Gasteiger charge is -2.37. The fourth-order valence-corrected chi connectivity index (χ4v) is 2.62. The molecule has 1 saturated heterocycles. The van der Waals surface area contributed by atoms with Gasteiger partial charge in [-0.25, -0.2) is 0 Å². The molecule has 0 radical (unpaired) electrons. The number of pyridine rings is 1. The van der Waals surface area contributed by atoms with Gasteiger partial charge in [-0.3, -0.25) is 14.8 Å². The number of hydrogen-bond acceptors (Lipinski definition) is 4. The maximum absolute atomic E-state index is 9.00. The van der Waals surface area contributed by atoms with Crippen LogP contribution in [-0.4, -0.2) is 59.2 Å². The van der Waals surface area contributed by atoms with Gasteiger partial charge >= 0.3 is 0 Å². The Balaban J connectivity index is 1.87. The van der Waals surface area contributed by atoms with Crippen molar-refractivity contribution in [2.75, 3.05) is 33.3 Å². The van der Waals surface area contributed by atoms with E-state index in [9.17, 15) is 0 Å². The van der Waals surface area contributed by atoms with Crippen LogP contribution >= 0.6 is 0 Å². The standard InChI is InChI=1S/C14H23N3O/c1-16(8-9-18)14-5-3-7-17(12-14)11-13-4-2-6-15-10-13/h2,4,6,10,14,18H,3,5,7-9,11-12H2,1H3. The molecule has 1 atom stereocenters. The number of hydrogen-bond donors (Lipinski definition) is 1. The third kappa shape index (κ3) is 3.77. The Bertz CT molecular complexity index is 344. The van der Waals surface area contributed by atoms with Crippen molar-refractivity contribution in [1.29, 1.82) is 0 Å². The summed E-state index contributed by atoms with van der Waals surface area (Å²) in [5.74, 6) is 0. The number of aliphatic hydroxyl groups excluding tert-OH is 1. The van der Waals surface area contributed by atoms with E-state index in [4.69, 9.17) is 5.11 Å². The number of likely N-dealkylation sites (N-methyl/N-ethyl adjacent to an activating group) is 1. The summed E-state index contributed by atoms with van der Waals surface area (Å²) in [5.41, 5.74) is 1.28. The van der Waals surface area contributed by atoms with Gasteiger partial charge < -0.3 is 5.11 Å². The molecule has 2 rings (SSSR count). The Labute approximate surface area is 109 Å². The number of likely N-dealkylation sites (tertiary alicyclic amines) is 1. The highest BCUT2D eigenvalue weighted by atomic mass is 16.3. The van der Waals surface area contributed by atoms with Crippen molar-refractivity contribution in [2.24, 2.45) is 0 Å². The molecule has 0 amide bonds. The van der Waals surface area contributed by atoms with E-state index in [-0.39, 0.29) is 6.61 Å². The van der Waals surface area contributed by atoms with Crippen molar-refractivity contribution in [3.05, 3.63) is 30.1 Å². The highest BCUT2D eigenvalue weighted by molar-refractivity contribution is 5.08. The smallest absolute Gasteiger partial charge is 0.0558 e. The van der Waals surface area contributed by atoms with Crippen molar-refractivity contribution >= 4 is 0 Å². The lowest BCUT2D eigenvalue weighted by Crippen LogP contribution is -2.46. The van der Waals surface area contributed by atoms with E-state index in [1.54, 1.807) is 0 Å². The highest BCUT2D eigenvalue weighted by Crippen LogP contribution is 2.16. The van der Waals surface area contributed by atoms with E-state index in [2.05, 4.69) is 27.9 Å². The van der Waals surface area contributed by atoms with Crippen LogP contribution in [0.3, 0.4) is 0 Å². The zero-order valence-electron chi connectivity index (χ0n) is 11.1. The maximum atomic E-state index is 9.00. The second kappa shape index (κ2) is 6.83. The molecule has 1 aliphatic rings. The molecule has 0 aliphatic carbocycles. The number of rotatable bonds is 5. The van der Waals surface area contributed by atoms with Gasteiger partial charge in [0.1, 0.15) is 0 Å². The first kappa shape index (κ1) is 13.5. The molecule has 4 heteroatoms. The van der Waals surface area contributed by atoms with Gasteiger partial charge in [-0.05, 0) is 38.1 Å². The predicted molar refractivity (Wildman–Crippen MR) is 72.3 cm³/mol. The first-order valence-electron chi connectivity index (χ1n) is 6.72. The van der Waals surface area contributed by atoms with Crippen LogP contribution in [0.4, 0.5) is 0 Å². The van der Waals surface area contributed by atoms with E-state index in [0.29, 0.717) is 6.04 Å². The maximum Gasteiger partial charge on any atom is 0.0558 e. The van der Waals surface area contributed by atoms with Crippen LogP contribution in [0.15, 0.2) is 24.5 Å². The monoisotopic (exact) mass is 249 g/mol. The summed E-state index contributed by atoms with van der Waals surface area (Å²) in [6, 6.07) is 4.70. The predicted octanol–water partition coefficient (Wildman–Crippen LogP) is 0.970. The molecule has 0 bridgehead atoms. The molecule has 2 heterocycles. The van der Waals surface area contributed by atoms with Crippen molar-refractivity contribution in [1.82, 2.24) is 14.8 Å². The quantitative estimate of drug-likeness (QED) is 0.844. The average molecular weight is 249 g/mol. The molecule has 1 aromatic heterocycles. The third-order valence-corrected chi connectivity index (χ3v) is 3.69. The number of nitrogens with zero attached hydrogens (tertiary/aromatic N) is 3. The van der Waals surface area contributed by atoms with E-state index in [1.165, 1.54) is 24.9 Å². The minimum atomic E-state index is 0.246. The van der Waals surface area contributed by atoms with Gasteiger partial charge in [-0.2, -0.15) is 0 Å². The molecule has 1 aromatic rings. The summed E-state index contributed by atoms with van der Waals surface area (Å²) < 4.78 is 0. The summed E-state index contributed by atoms with van der Waals surface area (Å²) in [5, 5.41) is 9.00. The summed E-state index contributed by atoms with van der Waals surface area (Å²) in [7, 11) is 2.11. The summed E-state index contributed by atoms with van der Waals surface area (Å²) in [4.78, 5) is 8.92. The molecule has 0 spiro atoms. The molecular formula is C14H23N3O. The molecule has 1 unspecified atom stereocenters. The topological polar surface area (TPSA) is 39.6 Å². The number of aromatic nitrogens is 1. The van der Waals surface area contributed by atoms with E-state index in [1.807, 2.05) is 18.5 Å². The van der Waals surface area contributed by atoms with Gasteiger partial charge in [0.15, 0.2) is 0 Å². The van der Waals surface area contributed by atoms with Crippen LogP contribution < -0.4 is 0 Å². The van der Waals surface area contributed by atoms with Crippen LogP contribution in [0, 0.1) is 0 Å². The summed E-state index contributed by atoms with van der Waals surface area (Å²) in [6.45, 7) is 4.25. The molecule has 18 heavy (non-hydrogen) atoms. The summed E-state index contributed by atoms with van der Waals surface area (Å²) >= 11 is 0. The zero-order valence-corrected chi connectivity index (χ0v) is 11.1. The van der Waals surface area contributed by atoms with Gasteiger partial charge in [-0.1, -0.05) is 6.07 Å². The van der Waals surface area contributed by atoms with Crippen molar-refractivity contribution < 1.29 is 5.11 Å². The van der Waals surface area contributed by atoms with Crippen LogP contribution in [-0.2, 0) is 6.54 Å². The molecule has 4 nitrogen and oxygen atoms in total. The Kier molecular flexibility index (Phi) is 5.11. The first-order valence-corrected chi connectivity index (χ1v) is 6.72. The van der Waals surface area contributed by atoms with Gasteiger partial charge in [0.2, 0.25) is 0 Å². The zero-order chi connectivity index (χ0) is 12.8. The lowest BCUT2D eigenvalue weighted by atomic mass is 10.0. The minimum absolute atomic E-state index is 0.246. The van der Waals surface area contributed by atoms with E-state index in [0.717, 1.165) is 19.6 Å². The average Bonchev–Trinajstić information content (AvgIpc) is 2.40. The molecule has 1 fully saturated rings. The van der Waals surface area contributed by atoms with Gasteiger partial charge in [-0.15, -0.1) is 0 Å². The Morgan fingerprint density at radius 3 is 3.17 bits per heavy atom. The highest BCUT2D eigenvalue weighted by Gasteiger charge is 2.22. The Morgan fingerprint density at radius 2 is 2.44 bits per heavy atom. The fourth-order valence-electron chi connectivity index (χ4n) is 2.62. The number of piperidine rings is 1. The van der Waals surface area contributed by atoms with Crippen molar-refractivity contribution in [3.63, 3.8) is 0 Å². The second-order valence-corrected chi connectivity index (χ2v) is 5.10.